The Labute approximate surface area is 135 Å². The molecule has 0 saturated heterocycles. The standard InChI is InChI=1S/C16H16N2O4S/c1-13-3-7-16(8-4-13)23(19,20)22-10-2-9-21-15-6-5-14(11-17)18-12-15/h3-8,12H,2,9-10H2,1H3. The Morgan fingerprint density at radius 2 is 1.87 bits per heavy atom. The summed E-state index contributed by atoms with van der Waals surface area (Å²) in [6.07, 6.45) is 1.85. The first-order valence-corrected chi connectivity index (χ1v) is 8.37. The average Bonchev–Trinajstić information content (AvgIpc) is 2.55. The fourth-order valence-corrected chi connectivity index (χ4v) is 2.67. The van der Waals surface area contributed by atoms with Crippen molar-refractivity contribution in [2.45, 2.75) is 18.2 Å². The number of aromatic nitrogens is 1. The first-order chi connectivity index (χ1) is 11.0. The van der Waals surface area contributed by atoms with Crippen LogP contribution in [0.4, 0.5) is 0 Å². The van der Waals surface area contributed by atoms with E-state index >= 15 is 0 Å². The fraction of sp³-hybridized carbons (Fsp3) is 0.250. The number of nitriles is 1. The number of aryl methyl sites for hydroxylation is 1. The van der Waals surface area contributed by atoms with Crippen LogP contribution in [-0.2, 0) is 14.3 Å². The summed E-state index contributed by atoms with van der Waals surface area (Å²) < 4.78 is 34.2. The van der Waals surface area contributed by atoms with E-state index in [4.69, 9.17) is 14.2 Å². The van der Waals surface area contributed by atoms with Crippen molar-refractivity contribution in [2.24, 2.45) is 0 Å². The summed E-state index contributed by atoms with van der Waals surface area (Å²) in [4.78, 5) is 4.01. The molecule has 1 aromatic heterocycles. The van der Waals surface area contributed by atoms with Crippen molar-refractivity contribution < 1.29 is 17.3 Å². The van der Waals surface area contributed by atoms with Crippen LogP contribution in [0.15, 0.2) is 47.5 Å². The van der Waals surface area contributed by atoms with E-state index in [-0.39, 0.29) is 18.1 Å². The van der Waals surface area contributed by atoms with Crippen LogP contribution in [0.25, 0.3) is 0 Å². The molecule has 0 fully saturated rings. The smallest absolute Gasteiger partial charge is 0.296 e. The van der Waals surface area contributed by atoms with E-state index in [0.29, 0.717) is 17.9 Å². The van der Waals surface area contributed by atoms with E-state index in [0.717, 1.165) is 5.56 Å². The van der Waals surface area contributed by atoms with Crippen molar-refractivity contribution in [3.05, 3.63) is 53.9 Å². The molecule has 0 N–H and O–H groups in total. The predicted molar refractivity (Wildman–Crippen MR) is 83.4 cm³/mol. The molecule has 6 nitrogen and oxygen atoms in total. The van der Waals surface area contributed by atoms with Gasteiger partial charge in [-0.3, -0.25) is 4.18 Å². The number of ether oxygens (including phenoxy) is 1. The minimum atomic E-state index is -3.74. The highest BCUT2D eigenvalue weighted by Gasteiger charge is 2.14. The van der Waals surface area contributed by atoms with E-state index in [1.165, 1.54) is 18.3 Å². The third-order valence-electron chi connectivity index (χ3n) is 2.96. The Hall–Kier alpha value is -2.43. The second-order valence-corrected chi connectivity index (χ2v) is 6.40. The van der Waals surface area contributed by atoms with Gasteiger partial charge in [0.1, 0.15) is 17.5 Å². The number of rotatable bonds is 7. The van der Waals surface area contributed by atoms with Crippen molar-refractivity contribution in [1.82, 2.24) is 4.98 Å². The van der Waals surface area contributed by atoms with Crippen molar-refractivity contribution in [2.75, 3.05) is 13.2 Å². The summed E-state index contributed by atoms with van der Waals surface area (Å²) in [7, 11) is -3.74. The molecule has 0 unspecified atom stereocenters. The van der Waals surface area contributed by atoms with Crippen LogP contribution in [0, 0.1) is 18.3 Å². The minimum absolute atomic E-state index is 0.0277. The molecule has 120 valence electrons. The first-order valence-electron chi connectivity index (χ1n) is 6.96. The molecule has 0 aliphatic heterocycles. The van der Waals surface area contributed by atoms with Gasteiger partial charge in [0.05, 0.1) is 24.3 Å². The van der Waals surface area contributed by atoms with Gasteiger partial charge in [-0.1, -0.05) is 17.7 Å². The van der Waals surface area contributed by atoms with Gasteiger partial charge in [0.15, 0.2) is 0 Å². The van der Waals surface area contributed by atoms with Gasteiger partial charge < -0.3 is 4.74 Å². The van der Waals surface area contributed by atoms with Gasteiger partial charge in [-0.15, -0.1) is 0 Å². The van der Waals surface area contributed by atoms with Gasteiger partial charge in [0.2, 0.25) is 0 Å². The molecular formula is C16H16N2O4S. The van der Waals surface area contributed by atoms with Gasteiger partial charge in [0.25, 0.3) is 10.1 Å². The molecule has 0 spiro atoms. The Morgan fingerprint density at radius 1 is 1.13 bits per heavy atom. The molecule has 1 aromatic carbocycles. The lowest BCUT2D eigenvalue weighted by molar-refractivity contribution is 0.250. The van der Waals surface area contributed by atoms with Crippen LogP contribution in [0.3, 0.4) is 0 Å². The van der Waals surface area contributed by atoms with Crippen LogP contribution < -0.4 is 4.74 Å². The van der Waals surface area contributed by atoms with Gasteiger partial charge in [-0.2, -0.15) is 13.7 Å². The maximum absolute atomic E-state index is 11.9. The Morgan fingerprint density at radius 3 is 2.48 bits per heavy atom. The molecule has 0 radical (unpaired) electrons. The quantitative estimate of drug-likeness (QED) is 0.571. The summed E-state index contributed by atoms with van der Waals surface area (Å²) >= 11 is 0. The molecule has 0 bridgehead atoms. The van der Waals surface area contributed by atoms with E-state index in [1.807, 2.05) is 13.0 Å². The van der Waals surface area contributed by atoms with E-state index in [1.54, 1.807) is 24.3 Å². The first kappa shape index (κ1) is 16.9. The van der Waals surface area contributed by atoms with Gasteiger partial charge >= 0.3 is 0 Å². The number of hydrogen-bond acceptors (Lipinski definition) is 6. The molecule has 0 aliphatic rings. The number of benzene rings is 1. The van der Waals surface area contributed by atoms with Crippen molar-refractivity contribution in [1.29, 1.82) is 5.26 Å². The zero-order valence-corrected chi connectivity index (χ0v) is 13.4. The molecule has 0 atom stereocenters. The second-order valence-electron chi connectivity index (χ2n) is 4.78. The highest BCUT2D eigenvalue weighted by molar-refractivity contribution is 7.86. The van der Waals surface area contributed by atoms with Gasteiger partial charge in [0, 0.05) is 6.42 Å². The van der Waals surface area contributed by atoms with E-state index in [9.17, 15) is 8.42 Å². The normalized spacial score (nSPS) is 11.0. The maximum Gasteiger partial charge on any atom is 0.296 e. The van der Waals surface area contributed by atoms with Gasteiger partial charge in [-0.25, -0.2) is 4.98 Å². The average molecular weight is 332 g/mol. The number of hydrogen-bond donors (Lipinski definition) is 0. The molecule has 2 aromatic rings. The second kappa shape index (κ2) is 7.72. The summed E-state index contributed by atoms with van der Waals surface area (Å²) in [6, 6.07) is 11.6. The molecule has 1 heterocycles. The molecular weight excluding hydrogens is 316 g/mol. The maximum atomic E-state index is 11.9. The summed E-state index contributed by atoms with van der Waals surface area (Å²) in [5.41, 5.74) is 1.29. The van der Waals surface area contributed by atoms with Crippen LogP contribution in [0.2, 0.25) is 0 Å². The van der Waals surface area contributed by atoms with Crippen LogP contribution in [-0.4, -0.2) is 26.6 Å². The Kier molecular flexibility index (Phi) is 5.68. The lowest BCUT2D eigenvalue weighted by atomic mass is 10.2. The third kappa shape index (κ3) is 5.06. The highest BCUT2D eigenvalue weighted by atomic mass is 32.2. The van der Waals surface area contributed by atoms with Crippen molar-refractivity contribution in [3.63, 3.8) is 0 Å². The molecule has 0 aliphatic carbocycles. The molecule has 7 heteroatoms. The topological polar surface area (TPSA) is 89.3 Å². The van der Waals surface area contributed by atoms with Crippen molar-refractivity contribution in [3.8, 4) is 11.8 Å². The van der Waals surface area contributed by atoms with E-state index in [2.05, 4.69) is 4.98 Å². The molecule has 2 rings (SSSR count). The SMILES string of the molecule is Cc1ccc(S(=O)(=O)OCCCOc2ccc(C#N)nc2)cc1. The van der Waals surface area contributed by atoms with Gasteiger partial charge in [-0.05, 0) is 31.2 Å². The summed E-state index contributed by atoms with van der Waals surface area (Å²) in [6.45, 7) is 2.20. The van der Waals surface area contributed by atoms with Crippen LogP contribution >= 0.6 is 0 Å². The number of pyridine rings is 1. The number of nitrogens with zero attached hydrogens (tertiary/aromatic N) is 2. The minimum Gasteiger partial charge on any atom is -0.492 e. The molecule has 0 amide bonds. The third-order valence-corrected chi connectivity index (χ3v) is 4.28. The van der Waals surface area contributed by atoms with E-state index < -0.39 is 10.1 Å². The van der Waals surface area contributed by atoms with Crippen molar-refractivity contribution >= 4 is 10.1 Å². The molecule has 0 saturated carbocycles. The summed E-state index contributed by atoms with van der Waals surface area (Å²) in [5, 5.41) is 8.63. The summed E-state index contributed by atoms with van der Waals surface area (Å²) in [5.74, 6) is 0.519. The monoisotopic (exact) mass is 332 g/mol. The molecule has 23 heavy (non-hydrogen) atoms. The largest absolute Gasteiger partial charge is 0.492 e. The lowest BCUT2D eigenvalue weighted by Gasteiger charge is -2.07. The lowest BCUT2D eigenvalue weighted by Crippen LogP contribution is -2.10. The Balaban J connectivity index is 1.76. The van der Waals surface area contributed by atoms with Crippen LogP contribution in [0.5, 0.6) is 5.75 Å². The van der Waals surface area contributed by atoms with Crippen LogP contribution in [0.1, 0.15) is 17.7 Å². The zero-order chi connectivity index (χ0) is 16.7. The Bertz CT molecular complexity index is 778. The zero-order valence-electron chi connectivity index (χ0n) is 12.6. The fourth-order valence-electron chi connectivity index (χ4n) is 1.72. The highest BCUT2D eigenvalue weighted by Crippen LogP contribution is 2.14. The predicted octanol–water partition coefficient (Wildman–Crippen LogP) is 2.44.